The Morgan fingerprint density at radius 3 is 2.07 bits per heavy atom. The van der Waals surface area contributed by atoms with Crippen LogP contribution in [0, 0.1) is 0 Å². The minimum Gasteiger partial charge on any atom is -0.744 e. The molecule has 0 radical (unpaired) electrons. The number of carbonyl (C=O) groups is 2. The first-order valence-electron chi connectivity index (χ1n) is 8.87. The third-order valence-electron chi connectivity index (χ3n) is 3.91. The number of benzene rings is 2. The van der Waals surface area contributed by atoms with Gasteiger partial charge in [-0.1, -0.05) is 38.3 Å². The summed E-state index contributed by atoms with van der Waals surface area (Å²) in [7, 11) is -4.78. The van der Waals surface area contributed by atoms with E-state index < -0.39 is 27.0 Å². The first-order chi connectivity index (χ1) is 13.3. The normalized spacial score (nSPS) is 10.7. The van der Waals surface area contributed by atoms with Gasteiger partial charge in [0.05, 0.1) is 22.6 Å². The quantitative estimate of drug-likeness (QED) is 0.189. The van der Waals surface area contributed by atoms with Crippen LogP contribution in [0.3, 0.4) is 0 Å². The minimum absolute atomic E-state index is 0. The van der Waals surface area contributed by atoms with E-state index in [0.717, 1.165) is 31.7 Å². The maximum atomic E-state index is 12.2. The Hall–Kier alpha value is -1.71. The van der Waals surface area contributed by atoms with Crippen molar-refractivity contribution in [3.63, 3.8) is 0 Å². The van der Waals surface area contributed by atoms with Gasteiger partial charge in [0.1, 0.15) is 15.9 Å². The Kier molecular flexibility index (Phi) is 10.6. The number of hydrogen-bond acceptors (Lipinski definition) is 7. The van der Waals surface area contributed by atoms with E-state index in [0.29, 0.717) is 6.61 Å². The molecule has 0 saturated heterocycles. The van der Waals surface area contributed by atoms with Crippen LogP contribution in [0.5, 0.6) is 5.75 Å². The predicted octanol–water partition coefficient (Wildman–Crippen LogP) is 0.551. The number of esters is 2. The second kappa shape index (κ2) is 12.1. The molecular weight excluding hydrogens is 407 g/mol. The molecule has 0 fully saturated rings. The maximum Gasteiger partial charge on any atom is 1.00 e. The van der Waals surface area contributed by atoms with Gasteiger partial charge in [-0.2, -0.15) is 0 Å². The van der Waals surface area contributed by atoms with Crippen LogP contribution in [0.1, 0.15) is 53.3 Å². The fourth-order valence-corrected chi connectivity index (χ4v) is 3.02. The summed E-state index contributed by atoms with van der Waals surface area (Å²) in [5, 5.41) is 0. The molecule has 0 heterocycles. The molecule has 0 bridgehead atoms. The molecule has 0 N–H and O–H groups in total. The zero-order valence-electron chi connectivity index (χ0n) is 16.4. The van der Waals surface area contributed by atoms with Crippen molar-refractivity contribution >= 4 is 22.1 Å². The SMILES string of the molecule is CCCCCCOC(=O)c1ccc(C(=O)Oc2ccccc2S(=O)(=O)[O-])cc1.[Na+]. The summed E-state index contributed by atoms with van der Waals surface area (Å²) < 4.78 is 43.9. The van der Waals surface area contributed by atoms with Gasteiger partial charge in [0, 0.05) is 0 Å². The standard InChI is InChI=1S/C20H22O7S.Na/c1-2-3-4-7-14-26-19(21)15-10-12-16(13-11-15)20(22)27-17-8-5-6-9-18(17)28(23,24)25;/h5-6,8-13H,2-4,7,14H2,1H3,(H,23,24,25);/q;+1/p-1. The van der Waals surface area contributed by atoms with Gasteiger partial charge in [0.2, 0.25) is 0 Å². The molecule has 2 rings (SSSR count). The van der Waals surface area contributed by atoms with Crippen molar-refractivity contribution in [1.82, 2.24) is 0 Å². The van der Waals surface area contributed by atoms with Gasteiger partial charge in [-0.05, 0) is 42.8 Å². The van der Waals surface area contributed by atoms with E-state index in [4.69, 9.17) is 9.47 Å². The van der Waals surface area contributed by atoms with Crippen LogP contribution < -0.4 is 34.3 Å². The fraction of sp³-hybridized carbons (Fsp3) is 0.300. The molecule has 0 aliphatic heterocycles. The number of hydrogen-bond donors (Lipinski definition) is 0. The van der Waals surface area contributed by atoms with Gasteiger partial charge < -0.3 is 14.0 Å². The molecule has 2 aromatic rings. The Bertz CT molecular complexity index is 924. The molecule has 0 aliphatic carbocycles. The Balaban J connectivity index is 0.00000420. The Labute approximate surface area is 192 Å². The largest absolute Gasteiger partial charge is 1.00 e. The van der Waals surface area contributed by atoms with Crippen molar-refractivity contribution in [1.29, 1.82) is 0 Å². The average molecular weight is 428 g/mol. The number of para-hydroxylation sites is 1. The molecule has 150 valence electrons. The van der Waals surface area contributed by atoms with Gasteiger partial charge in [-0.25, -0.2) is 18.0 Å². The summed E-state index contributed by atoms with van der Waals surface area (Å²) in [6.07, 6.45) is 3.98. The molecule has 29 heavy (non-hydrogen) atoms. The molecule has 0 aromatic heterocycles. The van der Waals surface area contributed by atoms with Crippen molar-refractivity contribution in [3.8, 4) is 5.75 Å². The van der Waals surface area contributed by atoms with Crippen LogP contribution in [0.4, 0.5) is 0 Å². The second-order valence-corrected chi connectivity index (χ2v) is 7.41. The Morgan fingerprint density at radius 1 is 0.897 bits per heavy atom. The Morgan fingerprint density at radius 2 is 1.48 bits per heavy atom. The average Bonchev–Trinajstić information content (AvgIpc) is 2.67. The summed E-state index contributed by atoms with van der Waals surface area (Å²) in [6.45, 7) is 2.43. The monoisotopic (exact) mass is 428 g/mol. The van der Waals surface area contributed by atoms with Crippen molar-refractivity contribution in [2.75, 3.05) is 6.61 Å². The van der Waals surface area contributed by atoms with E-state index in [1.807, 2.05) is 0 Å². The number of rotatable bonds is 9. The van der Waals surface area contributed by atoms with E-state index in [1.54, 1.807) is 0 Å². The van der Waals surface area contributed by atoms with Crippen LogP contribution in [-0.4, -0.2) is 31.5 Å². The van der Waals surface area contributed by atoms with Gasteiger partial charge in [-0.3, -0.25) is 0 Å². The zero-order chi connectivity index (χ0) is 20.6. The summed E-state index contributed by atoms with van der Waals surface area (Å²) in [5.74, 6) is -1.69. The van der Waals surface area contributed by atoms with E-state index in [1.165, 1.54) is 42.5 Å². The molecule has 0 atom stereocenters. The van der Waals surface area contributed by atoms with Crippen LogP contribution in [0.25, 0.3) is 0 Å². The van der Waals surface area contributed by atoms with Crippen LogP contribution in [0.15, 0.2) is 53.4 Å². The fourth-order valence-electron chi connectivity index (χ4n) is 2.42. The van der Waals surface area contributed by atoms with Gasteiger partial charge in [0.25, 0.3) is 0 Å². The van der Waals surface area contributed by atoms with Crippen molar-refractivity contribution in [3.05, 3.63) is 59.7 Å². The van der Waals surface area contributed by atoms with Gasteiger partial charge in [-0.15, -0.1) is 0 Å². The number of carbonyl (C=O) groups excluding carboxylic acids is 2. The van der Waals surface area contributed by atoms with Gasteiger partial charge >= 0.3 is 41.5 Å². The molecule has 0 unspecified atom stereocenters. The molecule has 9 heteroatoms. The zero-order valence-corrected chi connectivity index (χ0v) is 19.2. The van der Waals surface area contributed by atoms with Crippen LogP contribution >= 0.6 is 0 Å². The van der Waals surface area contributed by atoms with Crippen molar-refractivity contribution < 1.29 is 61.6 Å². The van der Waals surface area contributed by atoms with E-state index in [2.05, 4.69) is 6.92 Å². The van der Waals surface area contributed by atoms with E-state index >= 15 is 0 Å². The van der Waals surface area contributed by atoms with E-state index in [-0.39, 0.29) is 46.4 Å². The first kappa shape index (κ1) is 25.3. The first-order valence-corrected chi connectivity index (χ1v) is 10.3. The number of unbranched alkanes of at least 4 members (excludes halogenated alkanes) is 3. The molecule has 0 amide bonds. The topological polar surface area (TPSA) is 110 Å². The van der Waals surface area contributed by atoms with Crippen molar-refractivity contribution in [2.24, 2.45) is 0 Å². The molecule has 7 nitrogen and oxygen atoms in total. The van der Waals surface area contributed by atoms with Crippen LogP contribution in [-0.2, 0) is 14.9 Å². The molecule has 0 aliphatic rings. The van der Waals surface area contributed by atoms with Crippen molar-refractivity contribution in [2.45, 2.75) is 37.5 Å². The third-order valence-corrected chi connectivity index (χ3v) is 4.78. The smallest absolute Gasteiger partial charge is 0.744 e. The maximum absolute atomic E-state index is 12.2. The summed E-state index contributed by atoms with van der Waals surface area (Å²) in [5.41, 5.74) is 0.382. The second-order valence-electron chi connectivity index (χ2n) is 6.06. The minimum atomic E-state index is -4.78. The van der Waals surface area contributed by atoms with E-state index in [9.17, 15) is 22.6 Å². The predicted molar refractivity (Wildman–Crippen MR) is 100 cm³/mol. The summed E-state index contributed by atoms with van der Waals surface area (Å²) in [4.78, 5) is 23.6. The molecular formula is C20H21NaO7S. The molecule has 0 spiro atoms. The molecule has 2 aromatic carbocycles. The summed E-state index contributed by atoms with van der Waals surface area (Å²) in [6, 6.07) is 10.6. The van der Waals surface area contributed by atoms with Crippen LogP contribution in [0.2, 0.25) is 0 Å². The summed E-state index contributed by atoms with van der Waals surface area (Å²) >= 11 is 0. The molecule has 0 saturated carbocycles. The third kappa shape index (κ3) is 7.91. The number of ether oxygens (including phenoxy) is 2. The van der Waals surface area contributed by atoms with Gasteiger partial charge in [0.15, 0.2) is 0 Å².